The number of nitrogens with one attached hydrogen (secondary N) is 1. The maximum atomic E-state index is 13.6. The van der Waals surface area contributed by atoms with E-state index in [1.165, 1.54) is 12.8 Å². The highest BCUT2D eigenvalue weighted by Gasteiger charge is 2.24. The van der Waals surface area contributed by atoms with Crippen molar-refractivity contribution in [2.45, 2.75) is 19.4 Å². The number of aromatic nitrogens is 5. The summed E-state index contributed by atoms with van der Waals surface area (Å²) in [5.74, 6) is 0.622. The van der Waals surface area contributed by atoms with Crippen molar-refractivity contribution in [2.24, 2.45) is 5.92 Å². The molecule has 1 fully saturated rings. The fourth-order valence-electron chi connectivity index (χ4n) is 4.09. The molecule has 6 rings (SSSR count). The molecule has 3 aromatic heterocycles. The van der Waals surface area contributed by atoms with E-state index in [4.69, 9.17) is 11.6 Å². The molecular weight excluding hydrogens is 400 g/mol. The number of hydrogen-bond donors (Lipinski definition) is 1. The number of nitrogens with zero attached hydrogens (tertiary/aromatic N) is 5. The van der Waals surface area contributed by atoms with Gasteiger partial charge in [0.15, 0.2) is 5.52 Å². The van der Waals surface area contributed by atoms with Gasteiger partial charge in [-0.05, 0) is 43.0 Å². The van der Waals surface area contributed by atoms with Crippen LogP contribution < -0.4 is 5.56 Å². The molecule has 1 aliphatic rings. The normalized spacial score (nSPS) is 14.0. The molecule has 7 nitrogen and oxygen atoms in total. The third-order valence-corrected chi connectivity index (χ3v) is 6.06. The summed E-state index contributed by atoms with van der Waals surface area (Å²) >= 11 is 6.37. The van der Waals surface area contributed by atoms with E-state index in [2.05, 4.69) is 21.4 Å². The Labute approximate surface area is 175 Å². The number of nitriles is 1. The smallest absolute Gasteiger partial charge is 0.278 e. The van der Waals surface area contributed by atoms with E-state index in [-0.39, 0.29) is 5.56 Å². The molecule has 0 spiro atoms. The van der Waals surface area contributed by atoms with Crippen LogP contribution in [-0.4, -0.2) is 24.5 Å². The van der Waals surface area contributed by atoms with Gasteiger partial charge in [0.05, 0.1) is 33.5 Å². The Bertz CT molecular complexity index is 1580. The van der Waals surface area contributed by atoms with Gasteiger partial charge in [-0.15, -0.1) is 0 Å². The molecule has 0 saturated heterocycles. The van der Waals surface area contributed by atoms with Crippen LogP contribution in [0.15, 0.2) is 47.5 Å². The number of rotatable bonds is 3. The highest BCUT2D eigenvalue weighted by molar-refractivity contribution is 6.32. The first-order chi connectivity index (χ1) is 14.6. The van der Waals surface area contributed by atoms with Gasteiger partial charge in [0.25, 0.3) is 5.56 Å². The van der Waals surface area contributed by atoms with Crippen LogP contribution in [-0.2, 0) is 6.54 Å². The van der Waals surface area contributed by atoms with Crippen LogP contribution in [0.4, 0.5) is 0 Å². The minimum atomic E-state index is -0.221. The standard InChI is InChI=1S/C22H15ClN6O/c23-17-7-20-14(6-13(17)8-24)16-11-28(10-12-4-5-12)27-21(16)22(30)29(20)19-3-1-2-18-15(19)9-25-26-18/h1-3,6-7,9,11-12H,4-5,10H2,(H,25,26). The molecule has 3 heterocycles. The van der Waals surface area contributed by atoms with Gasteiger partial charge in [-0.3, -0.25) is 19.1 Å². The molecule has 0 aliphatic heterocycles. The molecule has 1 N–H and O–H groups in total. The molecule has 0 atom stereocenters. The van der Waals surface area contributed by atoms with Crippen molar-refractivity contribution in [3.63, 3.8) is 0 Å². The minimum Gasteiger partial charge on any atom is -0.278 e. The highest BCUT2D eigenvalue weighted by atomic mass is 35.5. The molecule has 5 aromatic rings. The van der Waals surface area contributed by atoms with E-state index in [9.17, 15) is 10.1 Å². The first-order valence-corrected chi connectivity index (χ1v) is 10.1. The Balaban J connectivity index is 1.77. The molecule has 1 saturated carbocycles. The van der Waals surface area contributed by atoms with Crippen LogP contribution in [0.3, 0.4) is 0 Å². The lowest BCUT2D eigenvalue weighted by atomic mass is 10.1. The highest BCUT2D eigenvalue weighted by Crippen LogP contribution is 2.33. The molecule has 146 valence electrons. The van der Waals surface area contributed by atoms with Gasteiger partial charge in [0.1, 0.15) is 6.07 Å². The topological polar surface area (TPSA) is 92.3 Å². The van der Waals surface area contributed by atoms with Gasteiger partial charge in [0, 0.05) is 28.9 Å². The average Bonchev–Trinajstić information content (AvgIpc) is 3.24. The van der Waals surface area contributed by atoms with Gasteiger partial charge < -0.3 is 0 Å². The summed E-state index contributed by atoms with van der Waals surface area (Å²) in [6, 6.07) is 11.2. The maximum Gasteiger partial charge on any atom is 0.284 e. The monoisotopic (exact) mass is 414 g/mol. The fourth-order valence-corrected chi connectivity index (χ4v) is 4.29. The number of benzene rings is 2. The Morgan fingerprint density at radius 3 is 2.90 bits per heavy atom. The van der Waals surface area contributed by atoms with Crippen LogP contribution in [0.5, 0.6) is 0 Å². The predicted molar refractivity (Wildman–Crippen MR) is 115 cm³/mol. The fraction of sp³-hybridized carbons (Fsp3) is 0.182. The molecule has 0 amide bonds. The Morgan fingerprint density at radius 2 is 2.10 bits per heavy atom. The minimum absolute atomic E-state index is 0.221. The number of aromatic amines is 1. The summed E-state index contributed by atoms with van der Waals surface area (Å²) in [6.07, 6.45) is 6.00. The molecular formula is C22H15ClN6O. The van der Waals surface area contributed by atoms with Gasteiger partial charge >= 0.3 is 0 Å². The van der Waals surface area contributed by atoms with E-state index in [0.717, 1.165) is 28.2 Å². The van der Waals surface area contributed by atoms with E-state index < -0.39 is 0 Å². The van der Waals surface area contributed by atoms with Crippen molar-refractivity contribution in [3.05, 3.63) is 63.7 Å². The van der Waals surface area contributed by atoms with E-state index >= 15 is 0 Å². The van der Waals surface area contributed by atoms with Gasteiger partial charge in [0.2, 0.25) is 0 Å². The number of H-pyrrole nitrogens is 1. The Hall–Kier alpha value is -3.63. The summed E-state index contributed by atoms with van der Waals surface area (Å²) < 4.78 is 3.48. The zero-order valence-electron chi connectivity index (χ0n) is 15.8. The second-order valence-corrected chi connectivity index (χ2v) is 8.17. The lowest BCUT2D eigenvalue weighted by Gasteiger charge is -2.13. The second-order valence-electron chi connectivity index (χ2n) is 7.77. The largest absolute Gasteiger partial charge is 0.284 e. The van der Waals surface area contributed by atoms with E-state index in [1.54, 1.807) is 22.9 Å². The van der Waals surface area contributed by atoms with Crippen LogP contribution in [0, 0.1) is 17.2 Å². The molecule has 0 bridgehead atoms. The third kappa shape index (κ3) is 2.47. The van der Waals surface area contributed by atoms with E-state index in [1.807, 2.05) is 29.1 Å². The lowest BCUT2D eigenvalue weighted by Crippen LogP contribution is -2.20. The molecule has 8 heteroatoms. The van der Waals surface area contributed by atoms with Crippen molar-refractivity contribution >= 4 is 44.3 Å². The summed E-state index contributed by atoms with van der Waals surface area (Å²) in [4.78, 5) is 13.6. The Morgan fingerprint density at radius 1 is 1.23 bits per heavy atom. The molecule has 0 radical (unpaired) electrons. The number of pyridine rings is 1. The van der Waals surface area contributed by atoms with Crippen LogP contribution >= 0.6 is 11.6 Å². The van der Waals surface area contributed by atoms with Gasteiger partial charge in [-0.1, -0.05) is 17.7 Å². The van der Waals surface area contributed by atoms with Crippen molar-refractivity contribution in [2.75, 3.05) is 0 Å². The van der Waals surface area contributed by atoms with Gasteiger partial charge in [-0.25, -0.2) is 0 Å². The van der Waals surface area contributed by atoms with Crippen molar-refractivity contribution in [1.29, 1.82) is 5.26 Å². The zero-order chi connectivity index (χ0) is 20.4. The third-order valence-electron chi connectivity index (χ3n) is 5.75. The van der Waals surface area contributed by atoms with Gasteiger partial charge in [-0.2, -0.15) is 15.5 Å². The lowest BCUT2D eigenvalue weighted by molar-refractivity contribution is 0.567. The number of halogens is 1. The SMILES string of the molecule is N#Cc1cc2c3cn(CC4CC4)nc3c(=O)n(-c3cccc4[nH]ncc34)c2cc1Cl. The van der Waals surface area contributed by atoms with Crippen molar-refractivity contribution in [1.82, 2.24) is 24.5 Å². The predicted octanol–water partition coefficient (Wildman–Crippen LogP) is 4.15. The molecule has 0 unspecified atom stereocenters. The van der Waals surface area contributed by atoms with Crippen molar-refractivity contribution in [3.8, 4) is 11.8 Å². The summed E-state index contributed by atoms with van der Waals surface area (Å²) in [5.41, 5.74) is 2.68. The number of hydrogen-bond acceptors (Lipinski definition) is 4. The summed E-state index contributed by atoms with van der Waals surface area (Å²) in [6.45, 7) is 0.797. The van der Waals surface area contributed by atoms with Crippen LogP contribution in [0.25, 0.3) is 38.4 Å². The molecule has 30 heavy (non-hydrogen) atoms. The van der Waals surface area contributed by atoms with Crippen LogP contribution in [0.1, 0.15) is 18.4 Å². The second kappa shape index (κ2) is 6.18. The van der Waals surface area contributed by atoms with Crippen LogP contribution in [0.2, 0.25) is 5.02 Å². The summed E-state index contributed by atoms with van der Waals surface area (Å²) in [5, 5.41) is 23.8. The zero-order valence-corrected chi connectivity index (χ0v) is 16.5. The first-order valence-electron chi connectivity index (χ1n) is 9.72. The number of fused-ring (bicyclic) bond motifs is 4. The first kappa shape index (κ1) is 17.2. The quantitative estimate of drug-likeness (QED) is 0.480. The maximum absolute atomic E-state index is 13.6. The molecule has 1 aliphatic carbocycles. The summed E-state index contributed by atoms with van der Waals surface area (Å²) in [7, 11) is 0. The molecule has 2 aromatic carbocycles. The van der Waals surface area contributed by atoms with E-state index in [0.29, 0.717) is 33.2 Å². The average molecular weight is 415 g/mol. The Kier molecular flexibility index (Phi) is 3.55. The van der Waals surface area contributed by atoms with Crippen molar-refractivity contribution < 1.29 is 0 Å².